The Morgan fingerprint density at radius 2 is 0.905 bits per heavy atom. The predicted molar refractivity (Wildman–Crippen MR) is 98.3 cm³/mol. The molecule has 0 aliphatic carbocycles. The Kier molecular flexibility index (Phi) is 11.5. The number of hydrogen-bond donors (Lipinski definition) is 0. The van der Waals surface area contributed by atoms with Crippen LogP contribution in [-0.4, -0.2) is 0 Å². The van der Waals surface area contributed by atoms with Crippen LogP contribution in [0, 0.1) is 0 Å². The molecule has 0 N–H and O–H groups in total. The smallest absolute Gasteiger partial charge is 0 e. The van der Waals surface area contributed by atoms with Crippen LogP contribution >= 0.6 is 0 Å². The Bertz CT molecular complexity index is 512. The van der Waals surface area contributed by atoms with E-state index < -0.39 is 0 Å². The molecule has 2 aromatic carbocycles. The number of benzene rings is 2. The van der Waals surface area contributed by atoms with E-state index in [2.05, 4.69) is 0 Å². The molecule has 0 fully saturated rings. The summed E-state index contributed by atoms with van der Waals surface area (Å²) in [6.07, 6.45) is 0. The summed E-state index contributed by atoms with van der Waals surface area (Å²) >= 11 is 19.3. The van der Waals surface area contributed by atoms with Gasteiger partial charge in [-0.05, 0) is 11.1 Å². The first-order chi connectivity index (χ1) is 9.69. The van der Waals surface area contributed by atoms with Crippen molar-refractivity contribution in [2.45, 2.75) is 0 Å². The van der Waals surface area contributed by atoms with Gasteiger partial charge in [0.25, 0.3) is 0 Å². The molecule has 21 heavy (non-hydrogen) atoms. The number of rotatable bonds is 2. The molecule has 0 unspecified atom stereocenters. The fourth-order valence-corrected chi connectivity index (χ4v) is 1.89. The van der Waals surface area contributed by atoms with E-state index in [0.29, 0.717) is 0 Å². The second-order valence-electron chi connectivity index (χ2n) is 3.70. The zero-order valence-electron chi connectivity index (χ0n) is 10.9. The first-order valence-electron chi connectivity index (χ1n) is 5.78. The third kappa shape index (κ3) is 7.75. The van der Waals surface area contributed by atoms with Crippen LogP contribution in [0.4, 0.5) is 0 Å². The van der Waals surface area contributed by atoms with Gasteiger partial charge in [0.2, 0.25) is 0 Å². The van der Waals surface area contributed by atoms with E-state index in [-0.39, 0.29) is 16.5 Å². The van der Waals surface area contributed by atoms with Gasteiger partial charge in [-0.1, -0.05) is 60.7 Å². The SMILES string of the molecule is [Ni].[S-]/C=C(\[S-])c1ccccc1.[S-]/C=C(\[S-])c1ccccc1. The van der Waals surface area contributed by atoms with Gasteiger partial charge in [0.15, 0.2) is 0 Å². The quantitative estimate of drug-likeness (QED) is 0.557. The van der Waals surface area contributed by atoms with Crippen LogP contribution in [-0.2, 0) is 67.0 Å². The molecule has 0 nitrogen and oxygen atoms in total. The molecule has 0 saturated carbocycles. The van der Waals surface area contributed by atoms with Crippen molar-refractivity contribution in [3.05, 3.63) is 82.6 Å². The molecule has 2 rings (SSSR count). The molecular weight excluding hydrogens is 379 g/mol. The Morgan fingerprint density at radius 3 is 1.14 bits per heavy atom. The van der Waals surface area contributed by atoms with E-state index in [0.717, 1.165) is 20.9 Å². The Labute approximate surface area is 158 Å². The molecule has 0 amide bonds. The van der Waals surface area contributed by atoms with Crippen LogP contribution < -0.4 is 0 Å². The summed E-state index contributed by atoms with van der Waals surface area (Å²) in [5, 5.41) is 3.04. The third-order valence-corrected chi connectivity index (χ3v) is 3.81. The molecule has 0 saturated heterocycles. The first-order valence-corrected chi connectivity index (χ1v) is 7.54. The second-order valence-corrected chi connectivity index (χ2v) is 5.05. The third-order valence-electron chi connectivity index (χ3n) is 2.33. The van der Waals surface area contributed by atoms with Crippen molar-refractivity contribution in [1.82, 2.24) is 0 Å². The summed E-state index contributed by atoms with van der Waals surface area (Å²) in [5.41, 5.74) is 2.04. The molecular formula is C16H12NiS4-4. The minimum Gasteiger partial charge on any atom is -0.789 e. The van der Waals surface area contributed by atoms with Gasteiger partial charge in [0.05, 0.1) is 0 Å². The summed E-state index contributed by atoms with van der Waals surface area (Å²) < 4.78 is 0. The summed E-state index contributed by atoms with van der Waals surface area (Å²) in [4.78, 5) is 1.46. The van der Waals surface area contributed by atoms with Gasteiger partial charge < -0.3 is 50.5 Å². The van der Waals surface area contributed by atoms with E-state index >= 15 is 0 Å². The van der Waals surface area contributed by atoms with Crippen LogP contribution in [0.15, 0.2) is 71.5 Å². The predicted octanol–water partition coefficient (Wildman–Crippen LogP) is 4.16. The van der Waals surface area contributed by atoms with Gasteiger partial charge in [-0.15, -0.1) is 0 Å². The van der Waals surface area contributed by atoms with E-state index in [1.165, 1.54) is 10.8 Å². The second kappa shape index (κ2) is 11.9. The van der Waals surface area contributed by atoms with Crippen LogP contribution in [0.25, 0.3) is 9.81 Å². The minimum atomic E-state index is 0. The largest absolute Gasteiger partial charge is 0.789 e. The molecule has 0 radical (unpaired) electrons. The molecule has 114 valence electrons. The van der Waals surface area contributed by atoms with Gasteiger partial charge in [0.1, 0.15) is 0 Å². The van der Waals surface area contributed by atoms with E-state index in [1.54, 1.807) is 0 Å². The van der Waals surface area contributed by atoms with Crippen molar-refractivity contribution < 1.29 is 16.5 Å². The van der Waals surface area contributed by atoms with Crippen LogP contribution in [0.1, 0.15) is 11.1 Å². The average Bonchev–Trinajstić information content (AvgIpc) is 2.55. The van der Waals surface area contributed by atoms with Gasteiger partial charge in [0, 0.05) is 16.5 Å². The van der Waals surface area contributed by atoms with Crippen LogP contribution in [0.2, 0.25) is 0 Å². The van der Waals surface area contributed by atoms with Gasteiger partial charge in [-0.25, -0.2) is 10.8 Å². The fourth-order valence-electron chi connectivity index (χ4n) is 1.34. The minimum absolute atomic E-state index is 0. The Morgan fingerprint density at radius 1 is 0.619 bits per heavy atom. The summed E-state index contributed by atoms with van der Waals surface area (Å²) in [5.74, 6) is 0. The molecule has 2 aromatic rings. The fraction of sp³-hybridized carbons (Fsp3) is 0. The average molecular weight is 391 g/mol. The summed E-state index contributed by atoms with van der Waals surface area (Å²) in [7, 11) is 0. The molecule has 0 aliphatic heterocycles. The summed E-state index contributed by atoms with van der Waals surface area (Å²) in [6.45, 7) is 0. The van der Waals surface area contributed by atoms with Crippen molar-refractivity contribution in [1.29, 1.82) is 0 Å². The summed E-state index contributed by atoms with van der Waals surface area (Å²) in [6, 6.07) is 19.5. The molecule has 0 bridgehead atoms. The zero-order valence-corrected chi connectivity index (χ0v) is 15.1. The van der Waals surface area contributed by atoms with Crippen molar-refractivity contribution in [3.8, 4) is 0 Å². The van der Waals surface area contributed by atoms with Gasteiger partial charge in [-0.3, -0.25) is 0 Å². The molecule has 0 heterocycles. The van der Waals surface area contributed by atoms with Crippen molar-refractivity contribution in [3.63, 3.8) is 0 Å². The van der Waals surface area contributed by atoms with E-state index in [9.17, 15) is 0 Å². The van der Waals surface area contributed by atoms with Crippen molar-refractivity contribution in [2.24, 2.45) is 0 Å². The first kappa shape index (κ1) is 20.3. The Hall–Kier alpha value is -0.706. The molecule has 0 spiro atoms. The van der Waals surface area contributed by atoms with Crippen LogP contribution in [0.3, 0.4) is 0 Å². The maximum absolute atomic E-state index is 4.96. The monoisotopic (exact) mass is 390 g/mol. The Balaban J connectivity index is 0.000000364. The van der Waals surface area contributed by atoms with E-state index in [4.69, 9.17) is 50.5 Å². The maximum atomic E-state index is 4.96. The maximum Gasteiger partial charge on any atom is 0 e. The number of hydrogen-bond acceptors (Lipinski definition) is 4. The molecule has 0 aliphatic rings. The topological polar surface area (TPSA) is 0 Å². The molecule has 0 atom stereocenters. The molecule has 0 aromatic heterocycles. The normalized spacial score (nSPS) is 10.9. The van der Waals surface area contributed by atoms with Crippen molar-refractivity contribution >= 4 is 60.3 Å². The molecule has 5 heteroatoms. The van der Waals surface area contributed by atoms with Crippen LogP contribution in [0.5, 0.6) is 0 Å². The van der Waals surface area contributed by atoms with Crippen molar-refractivity contribution in [2.75, 3.05) is 0 Å². The van der Waals surface area contributed by atoms with Gasteiger partial charge in [-0.2, -0.15) is 9.81 Å². The zero-order chi connectivity index (χ0) is 14.8. The van der Waals surface area contributed by atoms with E-state index in [1.807, 2.05) is 60.7 Å². The van der Waals surface area contributed by atoms with Gasteiger partial charge >= 0.3 is 0 Å². The standard InChI is InChI=1S/2C8H8S2.Ni/c2*9-6-8(10)7-4-2-1-3-5-7;/h2*1-6,9-10H;/p-4/b2*8-6-;.